The van der Waals surface area contributed by atoms with Crippen molar-refractivity contribution < 1.29 is 14.0 Å². The summed E-state index contributed by atoms with van der Waals surface area (Å²) in [6.45, 7) is 9.35. The molecular weight excluding hydrogens is 318 g/mol. The number of nitrogens with one attached hydrogen (secondary N) is 3. The molecule has 2 rings (SSSR count). The Kier molecular flexibility index (Phi) is 5.85. The molecule has 2 aromatic rings. The van der Waals surface area contributed by atoms with Crippen LogP contribution in [-0.4, -0.2) is 11.9 Å². The Morgan fingerprint density at radius 3 is 2.40 bits per heavy atom. The van der Waals surface area contributed by atoms with E-state index in [1.54, 1.807) is 19.1 Å². The number of hydrogen-bond donors (Lipinski definition) is 3. The van der Waals surface area contributed by atoms with E-state index in [0.29, 0.717) is 12.1 Å². The molecule has 25 heavy (non-hydrogen) atoms. The van der Waals surface area contributed by atoms with E-state index in [9.17, 15) is 9.59 Å². The number of hydrogen-bond acceptors (Lipinski definition) is 3. The van der Waals surface area contributed by atoms with Gasteiger partial charge in [-0.05, 0) is 57.5 Å². The highest BCUT2D eigenvalue weighted by molar-refractivity contribution is 5.93. The summed E-state index contributed by atoms with van der Waals surface area (Å²) >= 11 is 0. The predicted molar refractivity (Wildman–Crippen MR) is 98.9 cm³/mol. The van der Waals surface area contributed by atoms with E-state index in [4.69, 9.17) is 4.42 Å². The van der Waals surface area contributed by atoms with Crippen LogP contribution in [0.25, 0.3) is 0 Å². The Labute approximate surface area is 148 Å². The molecule has 0 unspecified atom stereocenters. The second kappa shape index (κ2) is 7.88. The molecule has 6 nitrogen and oxygen atoms in total. The van der Waals surface area contributed by atoms with Gasteiger partial charge in [-0.3, -0.25) is 4.79 Å². The quantitative estimate of drug-likeness (QED) is 0.750. The van der Waals surface area contributed by atoms with Gasteiger partial charge in [0.2, 0.25) is 5.91 Å². The van der Waals surface area contributed by atoms with Gasteiger partial charge in [-0.25, -0.2) is 4.79 Å². The lowest BCUT2D eigenvalue weighted by atomic mass is 10.1. The zero-order valence-electron chi connectivity index (χ0n) is 15.3. The van der Waals surface area contributed by atoms with Crippen LogP contribution in [0.15, 0.2) is 28.7 Å². The first-order valence-corrected chi connectivity index (χ1v) is 8.35. The van der Waals surface area contributed by atoms with Crippen molar-refractivity contribution in [2.45, 2.75) is 47.1 Å². The molecule has 0 radical (unpaired) electrons. The maximum absolute atomic E-state index is 12.2. The Bertz CT molecular complexity index is 780. The highest BCUT2D eigenvalue weighted by Gasteiger charge is 2.15. The average molecular weight is 343 g/mol. The molecule has 3 N–H and O–H groups in total. The molecule has 1 atom stereocenters. The van der Waals surface area contributed by atoms with Crippen LogP contribution < -0.4 is 16.0 Å². The molecule has 0 spiro atoms. The van der Waals surface area contributed by atoms with E-state index in [2.05, 4.69) is 16.0 Å². The van der Waals surface area contributed by atoms with Gasteiger partial charge in [0.25, 0.3) is 0 Å². The second-order valence-electron chi connectivity index (χ2n) is 6.12. The third kappa shape index (κ3) is 4.86. The molecule has 0 saturated heterocycles. The van der Waals surface area contributed by atoms with Gasteiger partial charge in [-0.2, -0.15) is 0 Å². The molecule has 3 amide bonds. The summed E-state index contributed by atoms with van der Waals surface area (Å²) in [5, 5.41) is 8.53. The number of anilines is 2. The van der Waals surface area contributed by atoms with Crippen molar-refractivity contribution in [1.82, 2.24) is 5.32 Å². The molecule has 0 bridgehead atoms. The molecule has 0 aliphatic heterocycles. The van der Waals surface area contributed by atoms with Crippen molar-refractivity contribution in [2.24, 2.45) is 0 Å². The standard InChI is InChI=1S/C19H25N3O3/c1-6-18(23)22-17-8-7-15(9-11(17)2)21-19(24)20-13(4)16-10-12(3)25-14(16)5/h7-10,13H,6H2,1-5H3,(H,22,23)(H2,20,21,24)/t13-/m1/s1. The molecule has 0 aliphatic carbocycles. The van der Waals surface area contributed by atoms with Crippen molar-refractivity contribution in [2.75, 3.05) is 10.6 Å². The molecule has 1 heterocycles. The van der Waals surface area contributed by atoms with Crippen molar-refractivity contribution in [3.05, 3.63) is 46.9 Å². The number of benzene rings is 1. The van der Waals surface area contributed by atoms with Crippen molar-refractivity contribution in [3.8, 4) is 0 Å². The minimum Gasteiger partial charge on any atom is -0.466 e. The first-order valence-electron chi connectivity index (χ1n) is 8.35. The number of amides is 3. The van der Waals surface area contributed by atoms with Crippen LogP contribution in [0, 0.1) is 20.8 Å². The number of urea groups is 1. The maximum atomic E-state index is 12.2. The van der Waals surface area contributed by atoms with E-state index in [1.165, 1.54) is 0 Å². The number of carbonyl (C=O) groups is 2. The van der Waals surface area contributed by atoms with Gasteiger partial charge < -0.3 is 20.4 Å². The first kappa shape index (κ1) is 18.6. The van der Waals surface area contributed by atoms with Crippen LogP contribution in [0.1, 0.15) is 49.0 Å². The molecular formula is C19H25N3O3. The minimum absolute atomic E-state index is 0.0406. The Morgan fingerprint density at radius 2 is 1.84 bits per heavy atom. The lowest BCUT2D eigenvalue weighted by Gasteiger charge is -2.15. The normalized spacial score (nSPS) is 11.7. The second-order valence-corrected chi connectivity index (χ2v) is 6.12. The maximum Gasteiger partial charge on any atom is 0.319 e. The predicted octanol–water partition coefficient (Wildman–Crippen LogP) is 4.44. The van der Waals surface area contributed by atoms with Crippen LogP contribution in [-0.2, 0) is 4.79 Å². The topological polar surface area (TPSA) is 83.4 Å². The highest BCUT2D eigenvalue weighted by Crippen LogP contribution is 2.22. The molecule has 134 valence electrons. The molecule has 0 aliphatic rings. The minimum atomic E-state index is -0.296. The summed E-state index contributed by atoms with van der Waals surface area (Å²) in [7, 11) is 0. The van der Waals surface area contributed by atoms with Crippen molar-refractivity contribution in [3.63, 3.8) is 0 Å². The van der Waals surface area contributed by atoms with E-state index >= 15 is 0 Å². The molecule has 0 fully saturated rings. The fourth-order valence-corrected chi connectivity index (χ4v) is 2.64. The largest absolute Gasteiger partial charge is 0.466 e. The fraction of sp³-hybridized carbons (Fsp3) is 0.368. The monoisotopic (exact) mass is 343 g/mol. The number of rotatable bonds is 5. The summed E-state index contributed by atoms with van der Waals surface area (Å²) in [4.78, 5) is 23.7. The average Bonchev–Trinajstić information content (AvgIpc) is 2.88. The lowest BCUT2D eigenvalue weighted by molar-refractivity contribution is -0.115. The number of aryl methyl sites for hydroxylation is 3. The van der Waals surface area contributed by atoms with Gasteiger partial charge in [-0.1, -0.05) is 6.92 Å². The zero-order chi connectivity index (χ0) is 18.6. The van der Waals surface area contributed by atoms with Crippen molar-refractivity contribution in [1.29, 1.82) is 0 Å². The van der Waals surface area contributed by atoms with Gasteiger partial charge in [0.15, 0.2) is 0 Å². The van der Waals surface area contributed by atoms with E-state index in [-0.39, 0.29) is 18.0 Å². The smallest absolute Gasteiger partial charge is 0.319 e. The van der Waals surface area contributed by atoms with Crippen LogP contribution in [0.2, 0.25) is 0 Å². The summed E-state index contributed by atoms with van der Waals surface area (Å²) in [6.07, 6.45) is 0.423. The Morgan fingerprint density at radius 1 is 1.12 bits per heavy atom. The molecule has 1 aromatic heterocycles. The zero-order valence-corrected chi connectivity index (χ0v) is 15.3. The third-order valence-electron chi connectivity index (χ3n) is 3.97. The molecule has 6 heteroatoms. The molecule has 1 aromatic carbocycles. The number of carbonyl (C=O) groups excluding carboxylic acids is 2. The van der Waals surface area contributed by atoms with E-state index in [0.717, 1.165) is 28.3 Å². The summed E-state index contributed by atoms with van der Waals surface area (Å²) in [5.74, 6) is 1.58. The Hall–Kier alpha value is -2.76. The first-order chi connectivity index (χ1) is 11.8. The third-order valence-corrected chi connectivity index (χ3v) is 3.97. The summed E-state index contributed by atoms with van der Waals surface area (Å²) < 4.78 is 5.50. The van der Waals surface area contributed by atoms with Gasteiger partial charge in [0, 0.05) is 23.4 Å². The molecule has 0 saturated carbocycles. The van der Waals surface area contributed by atoms with Crippen LogP contribution >= 0.6 is 0 Å². The van der Waals surface area contributed by atoms with E-state index in [1.807, 2.05) is 39.8 Å². The summed E-state index contributed by atoms with van der Waals surface area (Å²) in [5.41, 5.74) is 3.25. The van der Waals surface area contributed by atoms with E-state index < -0.39 is 0 Å². The van der Waals surface area contributed by atoms with Gasteiger partial charge in [-0.15, -0.1) is 0 Å². The lowest BCUT2D eigenvalue weighted by Crippen LogP contribution is -2.31. The van der Waals surface area contributed by atoms with Crippen LogP contribution in [0.5, 0.6) is 0 Å². The SMILES string of the molecule is CCC(=O)Nc1ccc(NC(=O)N[C@H](C)c2cc(C)oc2C)cc1C. The van der Waals surface area contributed by atoms with Gasteiger partial charge in [0.1, 0.15) is 11.5 Å². The van der Waals surface area contributed by atoms with Crippen LogP contribution in [0.3, 0.4) is 0 Å². The summed E-state index contributed by atoms with van der Waals surface area (Å²) in [6, 6.07) is 6.83. The van der Waals surface area contributed by atoms with Gasteiger partial charge >= 0.3 is 6.03 Å². The Balaban J connectivity index is 1.99. The van der Waals surface area contributed by atoms with Crippen molar-refractivity contribution >= 4 is 23.3 Å². The fourth-order valence-electron chi connectivity index (χ4n) is 2.64. The van der Waals surface area contributed by atoms with Crippen LogP contribution in [0.4, 0.5) is 16.2 Å². The van der Waals surface area contributed by atoms with Gasteiger partial charge in [0.05, 0.1) is 6.04 Å². The highest BCUT2D eigenvalue weighted by atomic mass is 16.3. The number of furan rings is 1.